The van der Waals surface area contributed by atoms with E-state index in [4.69, 9.17) is 4.74 Å². The van der Waals surface area contributed by atoms with Gasteiger partial charge in [0.15, 0.2) is 5.69 Å². The highest BCUT2D eigenvalue weighted by Gasteiger charge is 2.16. The summed E-state index contributed by atoms with van der Waals surface area (Å²) >= 11 is 0. The van der Waals surface area contributed by atoms with Gasteiger partial charge in [0.25, 0.3) is 11.6 Å². The molecule has 2 rings (SSSR count). The molecule has 8 nitrogen and oxygen atoms in total. The van der Waals surface area contributed by atoms with Gasteiger partial charge in [-0.25, -0.2) is 0 Å². The molecular weight excluding hydrogens is 288 g/mol. The van der Waals surface area contributed by atoms with E-state index >= 15 is 0 Å². The standard InChI is InChI=1S/C14H16N4O4/c1-4-17-9(2)7-12(16-17)14(19)15-11-6-5-10(18(20)21)8-13(11)22-3/h5-8H,4H2,1-3H3,(H,15,19). The van der Waals surface area contributed by atoms with Crippen LogP contribution in [0.25, 0.3) is 0 Å². The third-order valence-corrected chi connectivity index (χ3v) is 3.16. The Morgan fingerprint density at radius 1 is 1.45 bits per heavy atom. The maximum Gasteiger partial charge on any atom is 0.276 e. The van der Waals surface area contributed by atoms with Crippen LogP contribution >= 0.6 is 0 Å². The van der Waals surface area contributed by atoms with Gasteiger partial charge in [0.1, 0.15) is 5.75 Å². The number of hydrogen-bond acceptors (Lipinski definition) is 5. The topological polar surface area (TPSA) is 99.3 Å². The van der Waals surface area contributed by atoms with Crippen molar-refractivity contribution in [2.45, 2.75) is 20.4 Å². The van der Waals surface area contributed by atoms with Crippen molar-refractivity contribution < 1.29 is 14.5 Å². The summed E-state index contributed by atoms with van der Waals surface area (Å²) in [6.07, 6.45) is 0. The van der Waals surface area contributed by atoms with Crippen molar-refractivity contribution in [3.63, 3.8) is 0 Å². The molecule has 0 saturated heterocycles. The number of methoxy groups -OCH3 is 1. The van der Waals surface area contributed by atoms with Gasteiger partial charge < -0.3 is 10.1 Å². The summed E-state index contributed by atoms with van der Waals surface area (Å²) in [6, 6.07) is 5.66. The predicted octanol–water partition coefficient (Wildman–Crippen LogP) is 2.38. The van der Waals surface area contributed by atoms with Crippen LogP contribution in [0.4, 0.5) is 11.4 Å². The summed E-state index contributed by atoms with van der Waals surface area (Å²) in [5.74, 6) is -0.184. The average Bonchev–Trinajstić information content (AvgIpc) is 2.88. The second kappa shape index (κ2) is 6.25. The van der Waals surface area contributed by atoms with Crippen LogP contribution in [0.5, 0.6) is 5.75 Å². The molecule has 1 amide bonds. The lowest BCUT2D eigenvalue weighted by molar-refractivity contribution is -0.384. The Balaban J connectivity index is 2.25. The molecule has 0 aliphatic heterocycles. The molecule has 0 aliphatic carbocycles. The van der Waals surface area contributed by atoms with Gasteiger partial charge in [-0.15, -0.1) is 0 Å². The zero-order chi connectivity index (χ0) is 16.3. The van der Waals surface area contributed by atoms with Crippen LogP contribution in [0.1, 0.15) is 23.1 Å². The number of nitrogens with one attached hydrogen (secondary N) is 1. The number of nitrogens with zero attached hydrogens (tertiary/aromatic N) is 3. The summed E-state index contributed by atoms with van der Waals surface area (Å²) in [5.41, 5.74) is 1.39. The molecule has 1 N–H and O–H groups in total. The first-order chi connectivity index (χ1) is 10.5. The normalized spacial score (nSPS) is 10.3. The zero-order valence-corrected chi connectivity index (χ0v) is 12.5. The number of amides is 1. The van der Waals surface area contributed by atoms with Crippen molar-refractivity contribution >= 4 is 17.3 Å². The molecule has 0 spiro atoms. The Labute approximate surface area is 126 Å². The van der Waals surface area contributed by atoms with E-state index in [2.05, 4.69) is 10.4 Å². The van der Waals surface area contributed by atoms with Crippen molar-refractivity contribution in [1.82, 2.24) is 9.78 Å². The fourth-order valence-corrected chi connectivity index (χ4v) is 2.02. The van der Waals surface area contributed by atoms with Crippen molar-refractivity contribution in [2.24, 2.45) is 0 Å². The maximum absolute atomic E-state index is 12.2. The number of ether oxygens (including phenoxy) is 1. The first kappa shape index (κ1) is 15.5. The fourth-order valence-electron chi connectivity index (χ4n) is 2.02. The Morgan fingerprint density at radius 3 is 2.73 bits per heavy atom. The largest absolute Gasteiger partial charge is 0.494 e. The van der Waals surface area contributed by atoms with Crippen LogP contribution in [-0.4, -0.2) is 27.7 Å². The van der Waals surface area contributed by atoms with E-state index in [1.54, 1.807) is 10.7 Å². The van der Waals surface area contributed by atoms with Gasteiger partial charge in [-0.2, -0.15) is 5.10 Å². The van der Waals surface area contributed by atoms with Gasteiger partial charge in [0.2, 0.25) is 0 Å². The van der Waals surface area contributed by atoms with E-state index in [0.29, 0.717) is 12.2 Å². The number of carbonyl (C=O) groups excluding carboxylic acids is 1. The highest BCUT2D eigenvalue weighted by atomic mass is 16.6. The molecule has 1 heterocycles. The molecule has 0 radical (unpaired) electrons. The van der Waals surface area contributed by atoms with E-state index in [-0.39, 0.29) is 17.1 Å². The molecule has 116 valence electrons. The van der Waals surface area contributed by atoms with Crippen molar-refractivity contribution in [2.75, 3.05) is 12.4 Å². The highest BCUT2D eigenvalue weighted by molar-refractivity contribution is 6.03. The van der Waals surface area contributed by atoms with Crippen LogP contribution in [0.2, 0.25) is 0 Å². The zero-order valence-electron chi connectivity index (χ0n) is 12.5. The van der Waals surface area contributed by atoms with Crippen molar-refractivity contribution in [3.05, 3.63) is 45.8 Å². The number of aryl methyl sites for hydroxylation is 2. The van der Waals surface area contributed by atoms with E-state index in [0.717, 1.165) is 5.69 Å². The number of carbonyl (C=O) groups is 1. The molecule has 0 unspecified atom stereocenters. The monoisotopic (exact) mass is 304 g/mol. The summed E-state index contributed by atoms with van der Waals surface area (Å²) in [6.45, 7) is 4.46. The third-order valence-electron chi connectivity index (χ3n) is 3.16. The Kier molecular flexibility index (Phi) is 4.40. The number of rotatable bonds is 5. The van der Waals surface area contributed by atoms with E-state index in [9.17, 15) is 14.9 Å². The smallest absolute Gasteiger partial charge is 0.276 e. The molecule has 0 bridgehead atoms. The number of hydrogen-bond donors (Lipinski definition) is 1. The average molecular weight is 304 g/mol. The fraction of sp³-hybridized carbons (Fsp3) is 0.286. The molecule has 2 aromatic rings. The number of non-ortho nitro benzene ring substituents is 1. The van der Waals surface area contributed by atoms with Crippen LogP contribution < -0.4 is 10.1 Å². The van der Waals surface area contributed by atoms with Crippen LogP contribution in [-0.2, 0) is 6.54 Å². The molecule has 0 fully saturated rings. The number of anilines is 1. The lowest BCUT2D eigenvalue weighted by atomic mass is 10.2. The van der Waals surface area contributed by atoms with Gasteiger partial charge in [-0.3, -0.25) is 19.6 Å². The Hall–Kier alpha value is -2.90. The van der Waals surface area contributed by atoms with Gasteiger partial charge in [0, 0.05) is 18.3 Å². The van der Waals surface area contributed by atoms with E-state index < -0.39 is 10.8 Å². The molecule has 22 heavy (non-hydrogen) atoms. The van der Waals surface area contributed by atoms with E-state index in [1.165, 1.54) is 25.3 Å². The first-order valence-corrected chi connectivity index (χ1v) is 6.64. The van der Waals surface area contributed by atoms with Gasteiger partial charge in [0.05, 0.1) is 23.8 Å². The molecule has 0 saturated carbocycles. The molecule has 0 aliphatic rings. The van der Waals surface area contributed by atoms with Crippen molar-refractivity contribution in [3.8, 4) is 5.75 Å². The second-order valence-corrected chi connectivity index (χ2v) is 4.58. The molecule has 8 heteroatoms. The van der Waals surface area contributed by atoms with Crippen LogP contribution in [0.3, 0.4) is 0 Å². The van der Waals surface area contributed by atoms with Gasteiger partial charge >= 0.3 is 0 Å². The van der Waals surface area contributed by atoms with E-state index in [1.807, 2.05) is 13.8 Å². The predicted molar refractivity (Wildman–Crippen MR) is 80.2 cm³/mol. The first-order valence-electron chi connectivity index (χ1n) is 6.64. The number of aromatic nitrogens is 2. The highest BCUT2D eigenvalue weighted by Crippen LogP contribution is 2.29. The maximum atomic E-state index is 12.2. The summed E-state index contributed by atoms with van der Waals surface area (Å²) in [4.78, 5) is 22.4. The third kappa shape index (κ3) is 3.05. The minimum atomic E-state index is -0.527. The van der Waals surface area contributed by atoms with Crippen LogP contribution in [0.15, 0.2) is 24.3 Å². The van der Waals surface area contributed by atoms with Crippen molar-refractivity contribution in [1.29, 1.82) is 0 Å². The second-order valence-electron chi connectivity index (χ2n) is 4.58. The SMILES string of the molecule is CCn1nc(C(=O)Nc2ccc([N+](=O)[O-])cc2OC)cc1C. The lowest BCUT2D eigenvalue weighted by Crippen LogP contribution is -2.14. The van der Waals surface area contributed by atoms with Gasteiger partial charge in [-0.1, -0.05) is 0 Å². The number of benzene rings is 1. The Morgan fingerprint density at radius 2 is 2.18 bits per heavy atom. The van der Waals surface area contributed by atoms with Crippen LogP contribution in [0, 0.1) is 17.0 Å². The minimum absolute atomic E-state index is 0.110. The lowest BCUT2D eigenvalue weighted by Gasteiger charge is -2.08. The summed E-state index contributed by atoms with van der Waals surface area (Å²) in [5, 5.41) is 17.6. The molecule has 1 aromatic carbocycles. The molecule has 0 atom stereocenters. The quantitative estimate of drug-likeness (QED) is 0.675. The minimum Gasteiger partial charge on any atom is -0.494 e. The summed E-state index contributed by atoms with van der Waals surface area (Å²) < 4.78 is 6.79. The summed E-state index contributed by atoms with van der Waals surface area (Å²) in [7, 11) is 1.38. The Bertz CT molecular complexity index is 724. The molecule has 1 aromatic heterocycles. The number of nitro groups is 1. The molecular formula is C14H16N4O4. The number of nitro benzene ring substituents is 1. The van der Waals surface area contributed by atoms with Gasteiger partial charge in [-0.05, 0) is 26.0 Å².